The predicted molar refractivity (Wildman–Crippen MR) is 80.1 cm³/mol. The number of nitrogens with one attached hydrogen (secondary N) is 1. The molecule has 0 aliphatic carbocycles. The Morgan fingerprint density at radius 2 is 2.11 bits per heavy atom. The van der Waals surface area contributed by atoms with E-state index in [9.17, 15) is 4.79 Å². The Labute approximate surface area is 120 Å². The maximum atomic E-state index is 12.2. The van der Waals surface area contributed by atoms with Gasteiger partial charge < -0.3 is 0 Å². The van der Waals surface area contributed by atoms with Crippen molar-refractivity contribution in [2.45, 2.75) is 25.2 Å². The second-order valence-corrected chi connectivity index (χ2v) is 6.11. The number of anilines is 1. The molecule has 0 fully saturated rings. The van der Waals surface area contributed by atoms with Gasteiger partial charge in [0, 0.05) is 4.90 Å². The van der Waals surface area contributed by atoms with Gasteiger partial charge >= 0.3 is 0 Å². The maximum Gasteiger partial charge on any atom is 0.258 e. The van der Waals surface area contributed by atoms with Crippen LogP contribution in [0.5, 0.6) is 0 Å². The van der Waals surface area contributed by atoms with Crippen molar-refractivity contribution in [3.05, 3.63) is 34.8 Å². The lowest BCUT2D eigenvalue weighted by atomic mass is 10.2. The zero-order valence-corrected chi connectivity index (χ0v) is 12.5. The van der Waals surface area contributed by atoms with Crippen LogP contribution in [0.1, 0.15) is 29.2 Å². The molecule has 0 atom stereocenters. The summed E-state index contributed by atoms with van der Waals surface area (Å²) in [7, 11) is 0. The number of thioether (sulfide) groups is 1. The van der Waals surface area contributed by atoms with Crippen molar-refractivity contribution < 1.29 is 4.79 Å². The largest absolute Gasteiger partial charge is 0.296 e. The summed E-state index contributed by atoms with van der Waals surface area (Å²) in [5.74, 6) is 0.804. The van der Waals surface area contributed by atoms with E-state index in [0.29, 0.717) is 10.7 Å². The molecule has 2 rings (SSSR count). The number of hydrogen-bond donors (Lipinski definition) is 1. The average Bonchev–Trinajstić information content (AvgIpc) is 2.87. The predicted octanol–water partition coefficient (Wildman–Crippen LogP) is 3.46. The van der Waals surface area contributed by atoms with E-state index >= 15 is 0 Å². The molecule has 1 aromatic carbocycles. The van der Waals surface area contributed by atoms with Gasteiger partial charge in [0.25, 0.3) is 5.91 Å². The third kappa shape index (κ3) is 3.54. The smallest absolute Gasteiger partial charge is 0.258 e. The van der Waals surface area contributed by atoms with Crippen molar-refractivity contribution >= 4 is 34.1 Å². The van der Waals surface area contributed by atoms with Crippen LogP contribution < -0.4 is 5.32 Å². The highest BCUT2D eigenvalue weighted by atomic mass is 32.2. The summed E-state index contributed by atoms with van der Waals surface area (Å²) in [6.45, 7) is 4.08. The number of aromatic nitrogens is 2. The van der Waals surface area contributed by atoms with E-state index in [2.05, 4.69) is 22.4 Å². The van der Waals surface area contributed by atoms with Crippen LogP contribution in [0.4, 0.5) is 5.13 Å². The third-order valence-corrected chi connectivity index (χ3v) is 4.36. The molecule has 0 saturated heterocycles. The highest BCUT2D eigenvalue weighted by Crippen LogP contribution is 2.24. The summed E-state index contributed by atoms with van der Waals surface area (Å²) in [5, 5.41) is 12.2. The van der Waals surface area contributed by atoms with Gasteiger partial charge in [-0.1, -0.05) is 37.3 Å². The first-order valence-corrected chi connectivity index (χ1v) is 7.90. The van der Waals surface area contributed by atoms with Crippen molar-refractivity contribution in [1.29, 1.82) is 0 Å². The zero-order chi connectivity index (χ0) is 13.7. The average molecular weight is 293 g/mol. The molecule has 0 spiro atoms. The number of carbonyl (C=O) groups is 1. The Morgan fingerprint density at radius 1 is 1.32 bits per heavy atom. The minimum atomic E-state index is -0.129. The third-order valence-electron chi connectivity index (χ3n) is 2.42. The Balaban J connectivity index is 2.15. The minimum absolute atomic E-state index is 0.129. The van der Waals surface area contributed by atoms with Gasteiger partial charge in [0.05, 0.1) is 5.56 Å². The van der Waals surface area contributed by atoms with E-state index in [1.807, 2.05) is 31.2 Å². The second-order valence-electron chi connectivity index (χ2n) is 3.74. The number of carbonyl (C=O) groups excluding carboxylic acids is 1. The van der Waals surface area contributed by atoms with Gasteiger partial charge in [-0.3, -0.25) is 10.1 Å². The second kappa shape index (κ2) is 6.68. The summed E-state index contributed by atoms with van der Waals surface area (Å²) >= 11 is 3.07. The van der Waals surface area contributed by atoms with E-state index < -0.39 is 0 Å². The van der Waals surface area contributed by atoms with Crippen molar-refractivity contribution in [2.24, 2.45) is 0 Å². The summed E-state index contributed by atoms with van der Waals surface area (Å²) in [5.41, 5.74) is 0.683. The van der Waals surface area contributed by atoms with Crippen molar-refractivity contribution in [1.82, 2.24) is 10.2 Å². The van der Waals surface area contributed by atoms with Crippen LogP contribution in [0, 0.1) is 0 Å². The summed E-state index contributed by atoms with van der Waals surface area (Å²) in [4.78, 5) is 13.2. The molecule has 19 heavy (non-hydrogen) atoms. The molecule has 6 heteroatoms. The van der Waals surface area contributed by atoms with Crippen LogP contribution in [0.25, 0.3) is 0 Å². The number of hydrogen-bond acceptors (Lipinski definition) is 5. The number of aryl methyl sites for hydroxylation is 1. The fourth-order valence-electron chi connectivity index (χ4n) is 1.55. The SMILES string of the molecule is CCSc1ccccc1C(=O)Nc1nnc(CC)s1. The standard InChI is InChI=1S/C13H15N3OS2/c1-3-11-15-16-13(19-11)14-12(17)9-7-5-6-8-10(9)18-4-2/h5-8H,3-4H2,1-2H3,(H,14,16,17). The summed E-state index contributed by atoms with van der Waals surface area (Å²) < 4.78 is 0. The molecule has 0 radical (unpaired) electrons. The highest BCUT2D eigenvalue weighted by Gasteiger charge is 2.13. The number of amides is 1. The van der Waals surface area contributed by atoms with Gasteiger partial charge in [0.15, 0.2) is 0 Å². The molecule has 4 nitrogen and oxygen atoms in total. The van der Waals surface area contributed by atoms with Crippen molar-refractivity contribution in [3.8, 4) is 0 Å². The molecule has 0 saturated carbocycles. The van der Waals surface area contributed by atoms with Crippen LogP contribution in [0.15, 0.2) is 29.2 Å². The van der Waals surface area contributed by atoms with Crippen LogP contribution in [-0.2, 0) is 6.42 Å². The van der Waals surface area contributed by atoms with Crippen molar-refractivity contribution in [2.75, 3.05) is 11.1 Å². The first-order chi connectivity index (χ1) is 9.24. The Kier molecular flexibility index (Phi) is 4.93. The first kappa shape index (κ1) is 14.0. The lowest BCUT2D eigenvalue weighted by molar-refractivity contribution is 0.102. The minimum Gasteiger partial charge on any atom is -0.296 e. The normalized spacial score (nSPS) is 10.4. The molecule has 0 aliphatic rings. The molecule has 0 aliphatic heterocycles. The molecule has 1 heterocycles. The molecule has 1 N–H and O–H groups in total. The zero-order valence-electron chi connectivity index (χ0n) is 10.8. The summed E-state index contributed by atoms with van der Waals surface area (Å²) in [6, 6.07) is 7.59. The summed E-state index contributed by atoms with van der Waals surface area (Å²) in [6.07, 6.45) is 0.829. The Bertz CT molecular complexity index is 569. The van der Waals surface area contributed by atoms with E-state index in [0.717, 1.165) is 22.1 Å². The van der Waals surface area contributed by atoms with Gasteiger partial charge in [-0.25, -0.2) is 0 Å². The Hall–Kier alpha value is -1.40. The molecule has 0 unspecified atom stereocenters. The molecule has 1 aromatic heterocycles. The lowest BCUT2D eigenvalue weighted by Crippen LogP contribution is -2.12. The van der Waals surface area contributed by atoms with E-state index in [1.165, 1.54) is 11.3 Å². The van der Waals surface area contributed by atoms with Crippen LogP contribution >= 0.6 is 23.1 Å². The van der Waals surface area contributed by atoms with E-state index in [1.54, 1.807) is 11.8 Å². The van der Waals surface area contributed by atoms with E-state index in [-0.39, 0.29) is 5.91 Å². The molecular formula is C13H15N3OS2. The maximum absolute atomic E-state index is 12.2. The van der Waals surface area contributed by atoms with Crippen LogP contribution in [0.2, 0.25) is 0 Å². The first-order valence-electron chi connectivity index (χ1n) is 6.10. The quantitative estimate of drug-likeness (QED) is 0.858. The van der Waals surface area contributed by atoms with Gasteiger partial charge in [-0.15, -0.1) is 22.0 Å². The van der Waals surface area contributed by atoms with Crippen molar-refractivity contribution in [3.63, 3.8) is 0 Å². The molecular weight excluding hydrogens is 278 g/mol. The molecule has 2 aromatic rings. The topological polar surface area (TPSA) is 54.9 Å². The van der Waals surface area contributed by atoms with Gasteiger partial charge in [0.1, 0.15) is 5.01 Å². The van der Waals surface area contributed by atoms with Crippen LogP contribution in [0.3, 0.4) is 0 Å². The molecule has 0 bridgehead atoms. The lowest BCUT2D eigenvalue weighted by Gasteiger charge is -2.06. The Morgan fingerprint density at radius 3 is 2.79 bits per heavy atom. The number of nitrogens with zero attached hydrogens (tertiary/aromatic N) is 2. The fourth-order valence-corrected chi connectivity index (χ4v) is 3.02. The monoisotopic (exact) mass is 293 g/mol. The fraction of sp³-hybridized carbons (Fsp3) is 0.308. The highest BCUT2D eigenvalue weighted by molar-refractivity contribution is 7.99. The molecule has 100 valence electrons. The van der Waals surface area contributed by atoms with Gasteiger partial charge in [-0.05, 0) is 24.3 Å². The van der Waals surface area contributed by atoms with E-state index in [4.69, 9.17) is 0 Å². The molecule has 1 amide bonds. The number of benzene rings is 1. The van der Waals surface area contributed by atoms with Crippen LogP contribution in [-0.4, -0.2) is 21.9 Å². The van der Waals surface area contributed by atoms with Gasteiger partial charge in [-0.2, -0.15) is 0 Å². The number of rotatable bonds is 5. The van der Waals surface area contributed by atoms with Gasteiger partial charge in [0.2, 0.25) is 5.13 Å².